The van der Waals surface area contributed by atoms with E-state index < -0.39 is 11.6 Å². The van der Waals surface area contributed by atoms with Crippen LogP contribution in [0, 0.1) is 11.6 Å². The number of rotatable bonds is 4. The highest BCUT2D eigenvalue weighted by atomic mass is 19.1. The van der Waals surface area contributed by atoms with Crippen LogP contribution < -0.4 is 15.2 Å². The zero-order valence-corrected chi connectivity index (χ0v) is 11.2. The number of halogens is 2. The van der Waals surface area contributed by atoms with E-state index >= 15 is 0 Å². The lowest BCUT2D eigenvalue weighted by molar-refractivity contribution is 0.354. The number of hydrogen-bond acceptors (Lipinski definition) is 3. The molecule has 0 aliphatic rings. The SMILES string of the molecule is COc1cc(CN)c(-c2c(F)cccc2F)cc1OC. The van der Waals surface area contributed by atoms with Gasteiger partial charge in [0.25, 0.3) is 0 Å². The molecule has 0 aliphatic heterocycles. The van der Waals surface area contributed by atoms with E-state index in [1.807, 2.05) is 0 Å². The molecule has 0 atom stereocenters. The second kappa shape index (κ2) is 5.88. The van der Waals surface area contributed by atoms with Gasteiger partial charge in [-0.2, -0.15) is 0 Å². The molecule has 0 aromatic heterocycles. The molecular formula is C15H15F2NO2. The minimum atomic E-state index is -0.646. The van der Waals surface area contributed by atoms with Crippen LogP contribution in [-0.4, -0.2) is 14.2 Å². The maximum atomic E-state index is 13.9. The molecule has 0 spiro atoms. The molecule has 2 aromatic carbocycles. The summed E-state index contributed by atoms with van der Waals surface area (Å²) >= 11 is 0. The Hall–Kier alpha value is -2.14. The molecule has 3 nitrogen and oxygen atoms in total. The number of methoxy groups -OCH3 is 2. The molecule has 0 heterocycles. The summed E-state index contributed by atoms with van der Waals surface area (Å²) in [7, 11) is 2.95. The Labute approximate surface area is 115 Å². The molecule has 0 amide bonds. The number of ether oxygens (including phenoxy) is 2. The van der Waals surface area contributed by atoms with Crippen LogP contribution in [0.1, 0.15) is 5.56 Å². The molecule has 0 aliphatic carbocycles. The number of nitrogens with two attached hydrogens (primary N) is 1. The Bertz CT molecular complexity index is 609. The van der Waals surface area contributed by atoms with Gasteiger partial charge in [0.15, 0.2) is 11.5 Å². The Morgan fingerprint density at radius 1 is 1.00 bits per heavy atom. The van der Waals surface area contributed by atoms with Gasteiger partial charge >= 0.3 is 0 Å². The van der Waals surface area contributed by atoms with Crippen LogP contribution in [0.3, 0.4) is 0 Å². The lowest BCUT2D eigenvalue weighted by Gasteiger charge is -2.15. The normalized spacial score (nSPS) is 10.4. The predicted octanol–water partition coefficient (Wildman–Crippen LogP) is 3.11. The van der Waals surface area contributed by atoms with Crippen molar-refractivity contribution in [3.63, 3.8) is 0 Å². The van der Waals surface area contributed by atoms with Gasteiger partial charge < -0.3 is 15.2 Å². The van der Waals surface area contributed by atoms with Gasteiger partial charge in [0.05, 0.1) is 19.8 Å². The summed E-state index contributed by atoms with van der Waals surface area (Å²) in [6, 6.07) is 6.88. The zero-order valence-electron chi connectivity index (χ0n) is 11.2. The van der Waals surface area contributed by atoms with Crippen LogP contribution in [0.2, 0.25) is 0 Å². The highest BCUT2D eigenvalue weighted by Gasteiger charge is 2.17. The third-order valence-electron chi connectivity index (χ3n) is 3.06. The minimum Gasteiger partial charge on any atom is -0.493 e. The van der Waals surface area contributed by atoms with Crippen molar-refractivity contribution in [1.29, 1.82) is 0 Å². The van der Waals surface area contributed by atoms with Crippen molar-refractivity contribution in [3.05, 3.63) is 47.5 Å². The second-order valence-corrected chi connectivity index (χ2v) is 4.17. The Morgan fingerprint density at radius 2 is 1.55 bits per heavy atom. The summed E-state index contributed by atoms with van der Waals surface area (Å²) in [5, 5.41) is 0. The maximum Gasteiger partial charge on any atom is 0.161 e. The molecule has 106 valence electrons. The fourth-order valence-corrected chi connectivity index (χ4v) is 2.08. The third kappa shape index (κ3) is 2.44. The van der Waals surface area contributed by atoms with Crippen LogP contribution in [-0.2, 0) is 6.54 Å². The fourth-order valence-electron chi connectivity index (χ4n) is 2.08. The summed E-state index contributed by atoms with van der Waals surface area (Å²) < 4.78 is 38.2. The molecule has 0 fully saturated rings. The smallest absolute Gasteiger partial charge is 0.161 e. The summed E-state index contributed by atoms with van der Waals surface area (Å²) in [5.74, 6) is -0.436. The molecule has 0 saturated carbocycles. The van der Waals surface area contributed by atoms with Crippen molar-refractivity contribution in [2.45, 2.75) is 6.54 Å². The molecule has 0 unspecified atom stereocenters. The van der Waals surface area contributed by atoms with Crippen molar-refractivity contribution in [2.75, 3.05) is 14.2 Å². The minimum absolute atomic E-state index is 0.117. The quantitative estimate of drug-likeness (QED) is 0.935. The van der Waals surface area contributed by atoms with E-state index in [1.54, 1.807) is 6.07 Å². The van der Waals surface area contributed by atoms with Gasteiger partial charge in [0.2, 0.25) is 0 Å². The molecule has 2 rings (SSSR count). The van der Waals surface area contributed by atoms with Crippen molar-refractivity contribution in [3.8, 4) is 22.6 Å². The van der Waals surface area contributed by atoms with Gasteiger partial charge in [-0.1, -0.05) is 6.07 Å². The average Bonchev–Trinajstić information content (AvgIpc) is 2.46. The largest absolute Gasteiger partial charge is 0.493 e. The lowest BCUT2D eigenvalue weighted by Crippen LogP contribution is -2.03. The van der Waals surface area contributed by atoms with Gasteiger partial charge in [-0.3, -0.25) is 0 Å². The molecule has 0 radical (unpaired) electrons. The van der Waals surface area contributed by atoms with Crippen LogP contribution in [0.4, 0.5) is 8.78 Å². The van der Waals surface area contributed by atoms with Gasteiger partial charge in [-0.05, 0) is 35.4 Å². The van der Waals surface area contributed by atoms with Gasteiger partial charge in [0.1, 0.15) is 11.6 Å². The molecule has 2 aromatic rings. The van der Waals surface area contributed by atoms with Gasteiger partial charge in [-0.15, -0.1) is 0 Å². The first-order valence-electron chi connectivity index (χ1n) is 6.01. The second-order valence-electron chi connectivity index (χ2n) is 4.17. The van der Waals surface area contributed by atoms with Crippen LogP contribution in [0.5, 0.6) is 11.5 Å². The number of hydrogen-bond donors (Lipinski definition) is 1. The third-order valence-corrected chi connectivity index (χ3v) is 3.06. The molecule has 20 heavy (non-hydrogen) atoms. The Balaban J connectivity index is 2.73. The molecule has 2 N–H and O–H groups in total. The zero-order chi connectivity index (χ0) is 14.7. The fraction of sp³-hybridized carbons (Fsp3) is 0.200. The van der Waals surface area contributed by atoms with E-state index in [2.05, 4.69) is 0 Å². The van der Waals surface area contributed by atoms with Crippen LogP contribution in [0.25, 0.3) is 11.1 Å². The van der Waals surface area contributed by atoms with Gasteiger partial charge in [-0.25, -0.2) is 8.78 Å². The first-order chi connectivity index (χ1) is 9.62. The first kappa shape index (κ1) is 14.3. The standard InChI is InChI=1S/C15H15F2NO2/c1-19-13-6-9(8-18)10(7-14(13)20-2)15-11(16)4-3-5-12(15)17/h3-7H,8,18H2,1-2H3. The van der Waals surface area contributed by atoms with E-state index in [9.17, 15) is 8.78 Å². The van der Waals surface area contributed by atoms with Gasteiger partial charge in [0, 0.05) is 6.54 Å². The molecule has 5 heteroatoms. The van der Waals surface area contributed by atoms with E-state index in [0.717, 1.165) is 0 Å². The molecular weight excluding hydrogens is 264 g/mol. The predicted molar refractivity (Wildman–Crippen MR) is 72.8 cm³/mol. The van der Waals surface area contributed by atoms with E-state index in [4.69, 9.17) is 15.2 Å². The van der Waals surface area contributed by atoms with Crippen molar-refractivity contribution in [1.82, 2.24) is 0 Å². The van der Waals surface area contributed by atoms with Crippen molar-refractivity contribution >= 4 is 0 Å². The highest BCUT2D eigenvalue weighted by molar-refractivity contribution is 5.72. The highest BCUT2D eigenvalue weighted by Crippen LogP contribution is 2.37. The summed E-state index contributed by atoms with van der Waals surface area (Å²) in [5.41, 5.74) is 6.48. The van der Waals surface area contributed by atoms with E-state index in [0.29, 0.717) is 22.6 Å². The van der Waals surface area contributed by atoms with Crippen molar-refractivity contribution < 1.29 is 18.3 Å². The van der Waals surface area contributed by atoms with E-state index in [-0.39, 0.29) is 12.1 Å². The summed E-state index contributed by atoms with van der Waals surface area (Å²) in [6.07, 6.45) is 0. The monoisotopic (exact) mass is 279 g/mol. The Morgan fingerprint density at radius 3 is 2.05 bits per heavy atom. The molecule has 0 bridgehead atoms. The van der Waals surface area contributed by atoms with Crippen molar-refractivity contribution in [2.24, 2.45) is 5.73 Å². The lowest BCUT2D eigenvalue weighted by atomic mass is 9.97. The van der Waals surface area contributed by atoms with Crippen LogP contribution in [0.15, 0.2) is 30.3 Å². The Kier molecular flexibility index (Phi) is 4.20. The topological polar surface area (TPSA) is 44.5 Å². The first-order valence-corrected chi connectivity index (χ1v) is 6.01. The van der Waals surface area contributed by atoms with Crippen LogP contribution >= 0.6 is 0 Å². The summed E-state index contributed by atoms with van der Waals surface area (Å²) in [6.45, 7) is 0.128. The molecule has 0 saturated heterocycles. The van der Waals surface area contributed by atoms with E-state index in [1.165, 1.54) is 38.5 Å². The summed E-state index contributed by atoms with van der Waals surface area (Å²) in [4.78, 5) is 0. The average molecular weight is 279 g/mol. The maximum absolute atomic E-state index is 13.9. The number of benzene rings is 2.